The van der Waals surface area contributed by atoms with E-state index in [0.29, 0.717) is 0 Å². The zero-order valence-electron chi connectivity index (χ0n) is 12.1. The van der Waals surface area contributed by atoms with Crippen LogP contribution in [0.3, 0.4) is 0 Å². The normalized spacial score (nSPS) is 14.2. The number of likely N-dealkylation sites (N-methyl/N-ethyl adjacent to an activating group) is 1. The van der Waals surface area contributed by atoms with E-state index in [2.05, 4.69) is 16.8 Å². The molecule has 3 heteroatoms. The Morgan fingerprint density at radius 3 is 2.40 bits per heavy atom. The maximum Gasteiger partial charge on any atom is 0.0945 e. The standard InChI is InChI=1S/C17H22N2O/c1-3-16(17(20)14-9-5-4-6-10-14)19(2)13-15-11-7-8-12-18-15/h4-12,16-17,20H,3,13H2,1-2H3. The van der Waals surface area contributed by atoms with Crippen molar-refractivity contribution < 1.29 is 5.11 Å². The van der Waals surface area contributed by atoms with E-state index in [-0.39, 0.29) is 6.04 Å². The monoisotopic (exact) mass is 270 g/mol. The Labute approximate surface area is 120 Å². The Bertz CT molecular complexity index is 501. The van der Waals surface area contributed by atoms with E-state index in [4.69, 9.17) is 0 Å². The second-order valence-corrected chi connectivity index (χ2v) is 5.07. The fourth-order valence-corrected chi connectivity index (χ4v) is 2.51. The van der Waals surface area contributed by atoms with Crippen LogP contribution in [0.15, 0.2) is 54.7 Å². The van der Waals surface area contributed by atoms with Gasteiger partial charge in [0.05, 0.1) is 11.8 Å². The zero-order chi connectivity index (χ0) is 14.4. The number of hydrogen-bond acceptors (Lipinski definition) is 3. The summed E-state index contributed by atoms with van der Waals surface area (Å²) in [4.78, 5) is 6.51. The number of aromatic nitrogens is 1. The number of pyridine rings is 1. The smallest absolute Gasteiger partial charge is 0.0945 e. The topological polar surface area (TPSA) is 36.4 Å². The van der Waals surface area contributed by atoms with E-state index in [1.54, 1.807) is 6.20 Å². The Hall–Kier alpha value is -1.71. The molecular weight excluding hydrogens is 248 g/mol. The third-order valence-electron chi connectivity index (χ3n) is 3.63. The van der Waals surface area contributed by atoms with Crippen LogP contribution in [0, 0.1) is 0 Å². The van der Waals surface area contributed by atoms with Crippen LogP contribution >= 0.6 is 0 Å². The lowest BCUT2D eigenvalue weighted by Crippen LogP contribution is -2.36. The molecule has 3 nitrogen and oxygen atoms in total. The molecule has 1 aromatic heterocycles. The molecule has 2 atom stereocenters. The van der Waals surface area contributed by atoms with Crippen molar-refractivity contribution in [2.45, 2.75) is 32.0 Å². The molecular formula is C17H22N2O. The summed E-state index contributed by atoms with van der Waals surface area (Å²) in [5.41, 5.74) is 1.99. The molecule has 0 bridgehead atoms. The predicted octanol–water partition coefficient (Wildman–Crippen LogP) is 3.03. The Morgan fingerprint density at radius 1 is 1.10 bits per heavy atom. The molecule has 0 radical (unpaired) electrons. The summed E-state index contributed by atoms with van der Waals surface area (Å²) in [6.45, 7) is 2.84. The average molecular weight is 270 g/mol. The zero-order valence-corrected chi connectivity index (χ0v) is 12.1. The molecule has 0 saturated heterocycles. The molecule has 0 amide bonds. The summed E-state index contributed by atoms with van der Waals surface area (Å²) in [5, 5.41) is 10.6. The van der Waals surface area contributed by atoms with Crippen LogP contribution in [-0.4, -0.2) is 28.1 Å². The van der Waals surface area contributed by atoms with Gasteiger partial charge in [-0.3, -0.25) is 9.88 Å². The first-order chi connectivity index (χ1) is 9.72. The van der Waals surface area contributed by atoms with Crippen molar-refractivity contribution in [3.05, 3.63) is 66.0 Å². The molecule has 2 aromatic rings. The molecule has 2 unspecified atom stereocenters. The highest BCUT2D eigenvalue weighted by molar-refractivity contribution is 5.19. The Morgan fingerprint density at radius 2 is 1.80 bits per heavy atom. The summed E-state index contributed by atoms with van der Waals surface area (Å²) in [6.07, 6.45) is 2.21. The van der Waals surface area contributed by atoms with Gasteiger partial charge in [0, 0.05) is 18.8 Å². The van der Waals surface area contributed by atoms with Crippen molar-refractivity contribution in [1.29, 1.82) is 0 Å². The van der Waals surface area contributed by atoms with Gasteiger partial charge >= 0.3 is 0 Å². The van der Waals surface area contributed by atoms with Gasteiger partial charge in [0.2, 0.25) is 0 Å². The first-order valence-corrected chi connectivity index (χ1v) is 7.05. The van der Waals surface area contributed by atoms with Crippen LogP contribution in [0.4, 0.5) is 0 Å². The molecule has 0 aliphatic carbocycles. The lowest BCUT2D eigenvalue weighted by molar-refractivity contribution is 0.0557. The van der Waals surface area contributed by atoms with Crippen molar-refractivity contribution >= 4 is 0 Å². The van der Waals surface area contributed by atoms with Gasteiger partial charge in [-0.25, -0.2) is 0 Å². The molecule has 0 saturated carbocycles. The molecule has 0 fully saturated rings. The largest absolute Gasteiger partial charge is 0.387 e. The van der Waals surface area contributed by atoms with Crippen molar-refractivity contribution in [3.8, 4) is 0 Å². The SMILES string of the molecule is CCC(C(O)c1ccccc1)N(C)Cc1ccccn1. The van der Waals surface area contributed by atoms with Crippen molar-refractivity contribution in [2.24, 2.45) is 0 Å². The third-order valence-corrected chi connectivity index (χ3v) is 3.63. The van der Waals surface area contributed by atoms with Crippen LogP contribution in [0.1, 0.15) is 30.7 Å². The van der Waals surface area contributed by atoms with E-state index < -0.39 is 6.10 Å². The molecule has 1 heterocycles. The average Bonchev–Trinajstić information content (AvgIpc) is 2.49. The van der Waals surface area contributed by atoms with E-state index in [0.717, 1.165) is 24.2 Å². The highest BCUT2D eigenvalue weighted by atomic mass is 16.3. The predicted molar refractivity (Wildman–Crippen MR) is 81.2 cm³/mol. The second-order valence-electron chi connectivity index (χ2n) is 5.07. The number of rotatable bonds is 6. The van der Waals surface area contributed by atoms with Crippen LogP contribution < -0.4 is 0 Å². The molecule has 0 aliphatic heterocycles. The van der Waals surface area contributed by atoms with Gasteiger partial charge in [0.25, 0.3) is 0 Å². The van der Waals surface area contributed by atoms with Crippen LogP contribution in [0.2, 0.25) is 0 Å². The highest BCUT2D eigenvalue weighted by Crippen LogP contribution is 2.23. The summed E-state index contributed by atoms with van der Waals surface area (Å²) < 4.78 is 0. The molecule has 1 N–H and O–H groups in total. The second kappa shape index (κ2) is 7.17. The molecule has 20 heavy (non-hydrogen) atoms. The van der Waals surface area contributed by atoms with Gasteiger partial charge < -0.3 is 5.11 Å². The number of hydrogen-bond donors (Lipinski definition) is 1. The minimum absolute atomic E-state index is 0.0828. The molecule has 0 aliphatic rings. The van der Waals surface area contributed by atoms with E-state index >= 15 is 0 Å². The lowest BCUT2D eigenvalue weighted by Gasteiger charge is -2.31. The molecule has 1 aromatic carbocycles. The van der Waals surface area contributed by atoms with Crippen LogP contribution in [0.5, 0.6) is 0 Å². The van der Waals surface area contributed by atoms with Gasteiger partial charge in [0.1, 0.15) is 0 Å². The maximum absolute atomic E-state index is 10.6. The fraction of sp³-hybridized carbons (Fsp3) is 0.353. The summed E-state index contributed by atoms with van der Waals surface area (Å²) >= 11 is 0. The molecule has 0 spiro atoms. The lowest BCUT2D eigenvalue weighted by atomic mass is 9.99. The van der Waals surface area contributed by atoms with E-state index in [1.807, 2.05) is 55.6 Å². The highest BCUT2D eigenvalue weighted by Gasteiger charge is 2.23. The Kier molecular flexibility index (Phi) is 5.27. The maximum atomic E-state index is 10.6. The minimum Gasteiger partial charge on any atom is -0.387 e. The summed E-state index contributed by atoms with van der Waals surface area (Å²) in [7, 11) is 2.04. The number of aliphatic hydroxyl groups is 1. The van der Waals surface area contributed by atoms with Gasteiger partial charge in [0.15, 0.2) is 0 Å². The Balaban J connectivity index is 2.07. The van der Waals surface area contributed by atoms with Gasteiger partial charge in [-0.2, -0.15) is 0 Å². The number of benzene rings is 1. The van der Waals surface area contributed by atoms with Crippen LogP contribution in [0.25, 0.3) is 0 Å². The quantitative estimate of drug-likeness (QED) is 0.876. The summed E-state index contributed by atoms with van der Waals surface area (Å²) in [6, 6.07) is 15.8. The third kappa shape index (κ3) is 3.65. The van der Waals surface area contributed by atoms with Crippen molar-refractivity contribution in [2.75, 3.05) is 7.05 Å². The van der Waals surface area contributed by atoms with Gasteiger partial charge in [-0.05, 0) is 31.2 Å². The first-order valence-electron chi connectivity index (χ1n) is 7.05. The van der Waals surface area contributed by atoms with E-state index in [1.165, 1.54) is 0 Å². The van der Waals surface area contributed by atoms with Crippen molar-refractivity contribution in [3.63, 3.8) is 0 Å². The molecule has 106 valence electrons. The minimum atomic E-state index is -0.477. The molecule has 2 rings (SSSR count). The van der Waals surface area contributed by atoms with Crippen LogP contribution in [-0.2, 0) is 6.54 Å². The van der Waals surface area contributed by atoms with Gasteiger partial charge in [-0.1, -0.05) is 43.3 Å². The first kappa shape index (κ1) is 14.7. The fourth-order valence-electron chi connectivity index (χ4n) is 2.51. The number of nitrogens with zero attached hydrogens (tertiary/aromatic N) is 2. The number of aliphatic hydroxyl groups excluding tert-OH is 1. The van der Waals surface area contributed by atoms with Gasteiger partial charge in [-0.15, -0.1) is 0 Å². The van der Waals surface area contributed by atoms with Crippen molar-refractivity contribution in [1.82, 2.24) is 9.88 Å². The van der Waals surface area contributed by atoms with E-state index in [9.17, 15) is 5.11 Å². The summed E-state index contributed by atoms with van der Waals surface area (Å²) in [5.74, 6) is 0.